The highest BCUT2D eigenvalue weighted by Crippen LogP contribution is 2.47. The standard InChI is InChI=1S/C34H31FN6O3S/c1-5-29(42)40-12-13-41-27(20(40)2)18-25(38-41)33-30(31-23(35)7-6-8-28(31)44-15-14-43-4)22-11-16-45-34(22)32(37-33)21-9-10-26-24(17-21)36-19-39(26)3/h5-11,16-20H,1,12-15H2,2-4H3/t20-/m1/s1. The third-order valence-electron chi connectivity index (χ3n) is 8.34. The first-order valence-corrected chi connectivity index (χ1v) is 15.5. The average molecular weight is 623 g/mol. The van der Waals surface area contributed by atoms with E-state index >= 15 is 4.39 Å². The van der Waals surface area contributed by atoms with E-state index in [-0.39, 0.29) is 18.6 Å². The van der Waals surface area contributed by atoms with Gasteiger partial charge in [-0.2, -0.15) is 5.10 Å². The van der Waals surface area contributed by atoms with Crippen molar-refractivity contribution in [2.45, 2.75) is 19.5 Å². The number of hydrogen-bond acceptors (Lipinski definition) is 7. The van der Waals surface area contributed by atoms with Crippen molar-refractivity contribution in [3.8, 4) is 39.5 Å². The molecule has 1 amide bonds. The first-order chi connectivity index (χ1) is 21.9. The highest BCUT2D eigenvalue weighted by atomic mass is 32.1. The number of amides is 1. The maximum atomic E-state index is 16.0. The number of thiophene rings is 1. The molecule has 1 atom stereocenters. The maximum absolute atomic E-state index is 16.0. The van der Waals surface area contributed by atoms with Gasteiger partial charge < -0.3 is 18.9 Å². The molecule has 0 N–H and O–H groups in total. The number of nitrogens with zero attached hydrogens (tertiary/aromatic N) is 6. The molecule has 228 valence electrons. The predicted molar refractivity (Wildman–Crippen MR) is 174 cm³/mol. The normalized spacial score (nSPS) is 14.7. The summed E-state index contributed by atoms with van der Waals surface area (Å²) in [6.07, 6.45) is 3.12. The van der Waals surface area contributed by atoms with Crippen LogP contribution in [-0.4, -0.2) is 62.0 Å². The number of methoxy groups -OCH3 is 1. The lowest BCUT2D eigenvalue weighted by Crippen LogP contribution is -2.40. The highest BCUT2D eigenvalue weighted by molar-refractivity contribution is 7.17. The van der Waals surface area contributed by atoms with Crippen molar-refractivity contribution in [3.05, 3.63) is 84.4 Å². The van der Waals surface area contributed by atoms with Crippen molar-refractivity contribution in [3.63, 3.8) is 0 Å². The van der Waals surface area contributed by atoms with Gasteiger partial charge in [-0.1, -0.05) is 18.7 Å². The lowest BCUT2D eigenvalue weighted by molar-refractivity contribution is -0.129. The largest absolute Gasteiger partial charge is 0.490 e. The van der Waals surface area contributed by atoms with Crippen LogP contribution in [0.25, 0.3) is 54.9 Å². The van der Waals surface area contributed by atoms with E-state index in [2.05, 4.69) is 11.6 Å². The summed E-state index contributed by atoms with van der Waals surface area (Å²) in [6, 6.07) is 14.7. The Balaban J connectivity index is 1.49. The summed E-state index contributed by atoms with van der Waals surface area (Å²) in [5.74, 6) is -0.167. The first-order valence-electron chi connectivity index (χ1n) is 14.6. The van der Waals surface area contributed by atoms with Crippen LogP contribution in [0.5, 0.6) is 5.75 Å². The maximum Gasteiger partial charge on any atom is 0.246 e. The molecule has 0 aliphatic carbocycles. The number of carbonyl (C=O) groups is 1. The van der Waals surface area contributed by atoms with Gasteiger partial charge in [0.25, 0.3) is 0 Å². The Hall–Kier alpha value is -4.87. The van der Waals surface area contributed by atoms with Crippen LogP contribution in [0.1, 0.15) is 18.7 Å². The summed E-state index contributed by atoms with van der Waals surface area (Å²) in [7, 11) is 3.56. The zero-order valence-electron chi connectivity index (χ0n) is 25.2. The van der Waals surface area contributed by atoms with Crippen molar-refractivity contribution in [2.75, 3.05) is 26.9 Å². The number of halogens is 1. The van der Waals surface area contributed by atoms with Crippen molar-refractivity contribution >= 4 is 38.4 Å². The zero-order chi connectivity index (χ0) is 31.2. The summed E-state index contributed by atoms with van der Waals surface area (Å²) >= 11 is 1.55. The quantitative estimate of drug-likeness (QED) is 0.140. The number of benzene rings is 2. The van der Waals surface area contributed by atoms with E-state index in [9.17, 15) is 4.79 Å². The van der Waals surface area contributed by atoms with E-state index in [0.29, 0.717) is 48.0 Å². The van der Waals surface area contributed by atoms with E-state index in [1.54, 1.807) is 41.8 Å². The fraction of sp³-hybridized carbons (Fsp3) is 0.235. The van der Waals surface area contributed by atoms with E-state index < -0.39 is 5.82 Å². The smallest absolute Gasteiger partial charge is 0.246 e. The van der Waals surface area contributed by atoms with Crippen molar-refractivity contribution in [1.82, 2.24) is 29.2 Å². The van der Waals surface area contributed by atoms with Crippen LogP contribution in [0, 0.1) is 5.82 Å². The minimum atomic E-state index is -0.428. The number of fused-ring (bicyclic) bond motifs is 3. The van der Waals surface area contributed by atoms with Crippen LogP contribution in [-0.2, 0) is 23.1 Å². The molecule has 7 rings (SSSR count). The van der Waals surface area contributed by atoms with E-state index in [0.717, 1.165) is 38.1 Å². The molecule has 0 fully saturated rings. The minimum Gasteiger partial charge on any atom is -0.490 e. The van der Waals surface area contributed by atoms with Crippen LogP contribution in [0.3, 0.4) is 0 Å². The lowest BCUT2D eigenvalue weighted by Gasteiger charge is -2.33. The third kappa shape index (κ3) is 4.88. The number of aromatic nitrogens is 5. The van der Waals surface area contributed by atoms with Crippen molar-refractivity contribution < 1.29 is 18.7 Å². The fourth-order valence-electron chi connectivity index (χ4n) is 6.09. The Morgan fingerprint density at radius 3 is 2.82 bits per heavy atom. The van der Waals surface area contributed by atoms with Gasteiger partial charge in [-0.3, -0.25) is 9.48 Å². The second-order valence-corrected chi connectivity index (χ2v) is 11.9. The van der Waals surface area contributed by atoms with E-state index in [1.807, 2.05) is 58.9 Å². The van der Waals surface area contributed by atoms with Crippen LogP contribution >= 0.6 is 11.3 Å². The van der Waals surface area contributed by atoms with Crippen LogP contribution in [0.2, 0.25) is 0 Å². The number of carbonyl (C=O) groups excluding carboxylic acids is 1. The molecule has 2 aromatic carbocycles. The Bertz CT molecular complexity index is 2100. The van der Waals surface area contributed by atoms with Gasteiger partial charge in [0, 0.05) is 37.2 Å². The molecule has 45 heavy (non-hydrogen) atoms. The molecule has 0 radical (unpaired) electrons. The molecule has 6 aromatic rings. The molecule has 5 heterocycles. The van der Waals surface area contributed by atoms with Gasteiger partial charge in [-0.05, 0) is 54.8 Å². The Kier molecular flexibility index (Phi) is 7.42. The molecule has 11 heteroatoms. The summed E-state index contributed by atoms with van der Waals surface area (Å²) in [5, 5.41) is 7.82. The Morgan fingerprint density at radius 1 is 1.13 bits per heavy atom. The zero-order valence-corrected chi connectivity index (χ0v) is 26.0. The van der Waals surface area contributed by atoms with Crippen LogP contribution in [0.15, 0.2) is 72.9 Å². The van der Waals surface area contributed by atoms with Gasteiger partial charge in [0.2, 0.25) is 5.91 Å². The molecule has 0 unspecified atom stereocenters. The number of hydrogen-bond donors (Lipinski definition) is 0. The minimum absolute atomic E-state index is 0.133. The molecular formula is C34H31FN6O3S. The lowest BCUT2D eigenvalue weighted by atomic mass is 9.95. The van der Waals surface area contributed by atoms with Crippen LogP contribution in [0.4, 0.5) is 4.39 Å². The van der Waals surface area contributed by atoms with Gasteiger partial charge in [-0.25, -0.2) is 14.4 Å². The molecule has 9 nitrogen and oxygen atoms in total. The van der Waals surface area contributed by atoms with Crippen molar-refractivity contribution in [2.24, 2.45) is 7.05 Å². The van der Waals surface area contributed by atoms with E-state index in [1.165, 1.54) is 12.1 Å². The molecular weight excluding hydrogens is 591 g/mol. The van der Waals surface area contributed by atoms with Gasteiger partial charge in [0.15, 0.2) is 0 Å². The third-order valence-corrected chi connectivity index (χ3v) is 9.26. The molecule has 1 aliphatic heterocycles. The van der Waals surface area contributed by atoms with Gasteiger partial charge >= 0.3 is 0 Å². The molecule has 1 aliphatic rings. The predicted octanol–water partition coefficient (Wildman–Crippen LogP) is 6.63. The number of imidazole rings is 1. The molecule has 4 aromatic heterocycles. The summed E-state index contributed by atoms with van der Waals surface area (Å²) in [5.41, 5.74) is 6.40. The summed E-state index contributed by atoms with van der Waals surface area (Å²) < 4.78 is 32.1. The molecule has 0 bridgehead atoms. The van der Waals surface area contributed by atoms with Crippen molar-refractivity contribution in [1.29, 1.82) is 0 Å². The Labute approximate surface area is 263 Å². The molecule has 0 saturated carbocycles. The summed E-state index contributed by atoms with van der Waals surface area (Å²) in [4.78, 5) is 24.2. The number of aryl methyl sites for hydroxylation is 1. The van der Waals surface area contributed by atoms with Gasteiger partial charge in [0.05, 0.1) is 58.2 Å². The fourth-order valence-corrected chi connectivity index (χ4v) is 7.00. The second-order valence-electron chi connectivity index (χ2n) is 10.9. The monoisotopic (exact) mass is 622 g/mol. The molecule has 0 saturated heterocycles. The van der Waals surface area contributed by atoms with E-state index in [4.69, 9.17) is 19.6 Å². The highest BCUT2D eigenvalue weighted by Gasteiger charge is 2.31. The Morgan fingerprint density at radius 2 is 2.00 bits per heavy atom. The topological polar surface area (TPSA) is 87.3 Å². The van der Waals surface area contributed by atoms with Gasteiger partial charge in [0.1, 0.15) is 29.6 Å². The second kappa shape index (κ2) is 11.6. The summed E-state index contributed by atoms with van der Waals surface area (Å²) in [6.45, 7) is 7.28. The van der Waals surface area contributed by atoms with Gasteiger partial charge in [-0.15, -0.1) is 11.3 Å². The van der Waals surface area contributed by atoms with Crippen LogP contribution < -0.4 is 4.74 Å². The SMILES string of the molecule is C=CC(=O)N1CCn2nc(-c3nc(-c4ccc5c(c4)ncn5C)c4sccc4c3-c3c(F)cccc3OCCOC)cc2[C@H]1C. The molecule has 0 spiro atoms. The number of ether oxygens (including phenoxy) is 2. The number of rotatable bonds is 8. The average Bonchev–Trinajstić information content (AvgIpc) is 3.80. The number of pyridine rings is 1. The first kappa shape index (κ1) is 28.9.